The smallest absolute Gasteiger partial charge is 0.231 e. The van der Waals surface area contributed by atoms with Crippen molar-refractivity contribution in [2.24, 2.45) is 5.92 Å². The number of hydrogen-bond acceptors (Lipinski definition) is 7. The molecule has 0 spiro atoms. The van der Waals surface area contributed by atoms with Gasteiger partial charge in [0, 0.05) is 30.6 Å². The van der Waals surface area contributed by atoms with Crippen molar-refractivity contribution in [3.05, 3.63) is 18.2 Å². The Bertz CT molecular complexity index is 829. The van der Waals surface area contributed by atoms with Gasteiger partial charge >= 0.3 is 0 Å². The van der Waals surface area contributed by atoms with E-state index in [0.717, 1.165) is 5.56 Å². The SMILES string of the molecule is COc1cc(OC)cc(-c2nnc(NC(=O)C3CC(=O)N(C(C)C)C3)s2)c1. The molecule has 9 heteroatoms. The molecule has 1 unspecified atom stereocenters. The molecule has 1 aromatic heterocycles. The average Bonchev–Trinajstić information content (AvgIpc) is 3.28. The lowest BCUT2D eigenvalue weighted by Crippen LogP contribution is -2.33. The normalized spacial score (nSPS) is 16.7. The highest BCUT2D eigenvalue weighted by molar-refractivity contribution is 7.18. The van der Waals surface area contributed by atoms with Crippen LogP contribution in [0.25, 0.3) is 10.6 Å². The lowest BCUT2D eigenvalue weighted by molar-refractivity contribution is -0.129. The van der Waals surface area contributed by atoms with Crippen LogP contribution >= 0.6 is 11.3 Å². The number of anilines is 1. The number of hydrogen-bond donors (Lipinski definition) is 1. The number of likely N-dealkylation sites (tertiary alicyclic amines) is 1. The predicted octanol–water partition coefficient (Wildman–Crippen LogP) is 2.42. The quantitative estimate of drug-likeness (QED) is 0.814. The van der Waals surface area contributed by atoms with Crippen LogP contribution in [0.15, 0.2) is 18.2 Å². The molecule has 0 saturated carbocycles. The van der Waals surface area contributed by atoms with Gasteiger partial charge in [-0.25, -0.2) is 0 Å². The zero-order valence-corrected chi connectivity index (χ0v) is 16.5. The number of nitrogens with zero attached hydrogens (tertiary/aromatic N) is 3. The number of rotatable bonds is 6. The number of aromatic nitrogens is 2. The van der Waals surface area contributed by atoms with Crippen LogP contribution in [-0.4, -0.2) is 53.7 Å². The Balaban J connectivity index is 1.71. The summed E-state index contributed by atoms with van der Waals surface area (Å²) in [6, 6.07) is 5.51. The molecular weight excluding hydrogens is 368 g/mol. The van der Waals surface area contributed by atoms with Crippen LogP contribution in [0, 0.1) is 5.92 Å². The van der Waals surface area contributed by atoms with Gasteiger partial charge in [-0.3, -0.25) is 9.59 Å². The van der Waals surface area contributed by atoms with E-state index in [-0.39, 0.29) is 30.2 Å². The molecular formula is C18H22N4O4S. The van der Waals surface area contributed by atoms with Crippen molar-refractivity contribution in [3.8, 4) is 22.1 Å². The molecule has 1 aromatic carbocycles. The van der Waals surface area contributed by atoms with E-state index in [1.165, 1.54) is 11.3 Å². The Kier molecular flexibility index (Phi) is 5.59. The second-order valence-corrected chi connectivity index (χ2v) is 7.52. The number of carbonyl (C=O) groups excluding carboxylic acids is 2. The predicted molar refractivity (Wildman–Crippen MR) is 102 cm³/mol. The number of amides is 2. The zero-order chi connectivity index (χ0) is 19.6. The van der Waals surface area contributed by atoms with E-state index in [1.807, 2.05) is 26.0 Å². The summed E-state index contributed by atoms with van der Waals surface area (Å²) in [4.78, 5) is 26.2. The fraction of sp³-hybridized carbons (Fsp3) is 0.444. The van der Waals surface area contributed by atoms with Gasteiger partial charge in [-0.2, -0.15) is 0 Å². The average molecular weight is 390 g/mol. The van der Waals surface area contributed by atoms with Gasteiger partial charge in [0.2, 0.25) is 16.9 Å². The molecule has 1 aliphatic heterocycles. The Labute approximate surface area is 161 Å². The van der Waals surface area contributed by atoms with Gasteiger partial charge in [-0.1, -0.05) is 11.3 Å². The van der Waals surface area contributed by atoms with Crippen LogP contribution in [0.1, 0.15) is 20.3 Å². The lowest BCUT2D eigenvalue weighted by atomic mass is 10.1. The first kappa shape index (κ1) is 19.1. The van der Waals surface area contributed by atoms with Crippen molar-refractivity contribution in [2.75, 3.05) is 26.1 Å². The summed E-state index contributed by atoms with van der Waals surface area (Å²) in [5.41, 5.74) is 0.784. The Morgan fingerprint density at radius 3 is 2.44 bits per heavy atom. The van der Waals surface area contributed by atoms with Gasteiger partial charge in [0.05, 0.1) is 20.1 Å². The molecule has 1 N–H and O–H groups in total. The van der Waals surface area contributed by atoms with Gasteiger partial charge < -0.3 is 19.7 Å². The highest BCUT2D eigenvalue weighted by Gasteiger charge is 2.35. The molecule has 27 heavy (non-hydrogen) atoms. The highest BCUT2D eigenvalue weighted by Crippen LogP contribution is 2.33. The van der Waals surface area contributed by atoms with Crippen molar-refractivity contribution in [3.63, 3.8) is 0 Å². The first-order valence-corrected chi connectivity index (χ1v) is 9.40. The fourth-order valence-corrected chi connectivity index (χ4v) is 3.67. The molecule has 1 atom stereocenters. The monoisotopic (exact) mass is 390 g/mol. The Morgan fingerprint density at radius 2 is 1.89 bits per heavy atom. The second kappa shape index (κ2) is 7.91. The number of nitrogens with one attached hydrogen (secondary N) is 1. The van der Waals surface area contributed by atoms with Crippen LogP contribution in [0.4, 0.5) is 5.13 Å². The minimum absolute atomic E-state index is 0.00609. The van der Waals surface area contributed by atoms with Gasteiger partial charge in [-0.15, -0.1) is 10.2 Å². The molecule has 1 fully saturated rings. The van der Waals surface area contributed by atoms with Crippen LogP contribution in [0.3, 0.4) is 0 Å². The molecule has 0 bridgehead atoms. The highest BCUT2D eigenvalue weighted by atomic mass is 32.1. The first-order chi connectivity index (χ1) is 12.9. The van der Waals surface area contributed by atoms with Gasteiger partial charge in [0.25, 0.3) is 0 Å². The molecule has 1 aliphatic rings. The van der Waals surface area contributed by atoms with E-state index < -0.39 is 0 Å². The molecule has 2 amide bonds. The van der Waals surface area contributed by atoms with Crippen LogP contribution < -0.4 is 14.8 Å². The summed E-state index contributed by atoms with van der Waals surface area (Å²) in [6.07, 6.45) is 0.225. The maximum Gasteiger partial charge on any atom is 0.231 e. The van der Waals surface area contributed by atoms with E-state index in [9.17, 15) is 9.59 Å². The minimum atomic E-state index is -0.371. The molecule has 144 valence electrons. The van der Waals surface area contributed by atoms with E-state index in [1.54, 1.807) is 25.2 Å². The molecule has 0 aliphatic carbocycles. The summed E-state index contributed by atoms with van der Waals surface area (Å²) in [5, 5.41) is 12.0. The number of methoxy groups -OCH3 is 2. The van der Waals surface area contributed by atoms with Crippen LogP contribution in [-0.2, 0) is 9.59 Å². The van der Waals surface area contributed by atoms with Crippen LogP contribution in [0.5, 0.6) is 11.5 Å². The van der Waals surface area contributed by atoms with Gasteiger partial charge in [0.1, 0.15) is 16.5 Å². The molecule has 1 saturated heterocycles. The number of carbonyl (C=O) groups is 2. The Morgan fingerprint density at radius 1 is 1.22 bits per heavy atom. The second-order valence-electron chi connectivity index (χ2n) is 6.54. The summed E-state index contributed by atoms with van der Waals surface area (Å²) in [6.45, 7) is 4.32. The standard InChI is InChI=1S/C18H22N4O4S/c1-10(2)22-9-12(7-15(22)23)16(24)19-18-21-20-17(27-18)11-5-13(25-3)8-14(6-11)26-4/h5-6,8,10,12H,7,9H2,1-4H3,(H,19,21,24). The third-order valence-corrected chi connectivity index (χ3v) is 5.29. The van der Waals surface area contributed by atoms with E-state index in [2.05, 4.69) is 15.5 Å². The maximum absolute atomic E-state index is 12.5. The molecule has 3 rings (SSSR count). The van der Waals surface area contributed by atoms with Gasteiger partial charge in [-0.05, 0) is 26.0 Å². The topological polar surface area (TPSA) is 93.6 Å². The molecule has 0 radical (unpaired) electrons. The van der Waals surface area contributed by atoms with E-state index in [4.69, 9.17) is 9.47 Å². The third kappa shape index (κ3) is 4.19. The molecule has 2 heterocycles. The first-order valence-electron chi connectivity index (χ1n) is 8.58. The third-order valence-electron chi connectivity index (χ3n) is 4.41. The molecule has 2 aromatic rings. The summed E-state index contributed by atoms with van der Waals surface area (Å²) < 4.78 is 10.5. The number of ether oxygens (including phenoxy) is 2. The van der Waals surface area contributed by atoms with Crippen molar-refractivity contribution in [1.29, 1.82) is 0 Å². The summed E-state index contributed by atoms with van der Waals surface area (Å²) >= 11 is 1.26. The van der Waals surface area contributed by atoms with E-state index in [0.29, 0.717) is 28.2 Å². The summed E-state index contributed by atoms with van der Waals surface area (Å²) in [5.74, 6) is 0.708. The maximum atomic E-state index is 12.5. The summed E-state index contributed by atoms with van der Waals surface area (Å²) in [7, 11) is 3.15. The lowest BCUT2D eigenvalue weighted by Gasteiger charge is -2.20. The fourth-order valence-electron chi connectivity index (χ4n) is 2.94. The van der Waals surface area contributed by atoms with Crippen molar-refractivity contribution >= 4 is 28.3 Å². The van der Waals surface area contributed by atoms with E-state index >= 15 is 0 Å². The van der Waals surface area contributed by atoms with Gasteiger partial charge in [0.15, 0.2) is 0 Å². The largest absolute Gasteiger partial charge is 0.497 e. The van der Waals surface area contributed by atoms with Crippen LogP contribution in [0.2, 0.25) is 0 Å². The number of benzene rings is 1. The van der Waals surface area contributed by atoms with Crippen molar-refractivity contribution in [1.82, 2.24) is 15.1 Å². The molecule has 8 nitrogen and oxygen atoms in total. The zero-order valence-electron chi connectivity index (χ0n) is 15.7. The van der Waals surface area contributed by atoms with Crippen molar-refractivity contribution in [2.45, 2.75) is 26.3 Å². The van der Waals surface area contributed by atoms with Crippen molar-refractivity contribution < 1.29 is 19.1 Å². The minimum Gasteiger partial charge on any atom is -0.497 e. The Hall–Kier alpha value is -2.68.